The van der Waals surface area contributed by atoms with Crippen LogP contribution < -0.4 is 0 Å². The van der Waals surface area contributed by atoms with Crippen LogP contribution in [0.3, 0.4) is 0 Å². The number of hydrogen-bond acceptors (Lipinski definition) is 0. The highest BCUT2D eigenvalue weighted by Crippen LogP contribution is 2.61. The zero-order valence-corrected chi connectivity index (χ0v) is 75.3. The summed E-state index contributed by atoms with van der Waals surface area (Å²) >= 11 is 0. The van der Waals surface area contributed by atoms with E-state index in [9.17, 15) is 0 Å². The van der Waals surface area contributed by atoms with Crippen molar-refractivity contribution in [1.82, 2.24) is 0 Å². The molecule has 0 spiro atoms. The van der Waals surface area contributed by atoms with Crippen LogP contribution in [0.25, 0.3) is 66.8 Å². The number of fused-ring (bicyclic) bond motifs is 18. The van der Waals surface area contributed by atoms with E-state index in [1.165, 1.54) is 223 Å². The number of hydrogen-bond donors (Lipinski definition) is 0. The minimum atomic E-state index is -0.274. The van der Waals surface area contributed by atoms with E-state index in [-0.39, 0.29) is 32.5 Å². The Bertz CT molecular complexity index is 6430. The fraction of sp³-hybridized carbons (Fsp3) is 0.213. The second-order valence-corrected chi connectivity index (χ2v) is 37.5. The van der Waals surface area contributed by atoms with Crippen molar-refractivity contribution in [2.45, 2.75) is 171 Å². The third-order valence-electron chi connectivity index (χ3n) is 28.4. The zero-order chi connectivity index (χ0) is 85.7. The van der Waals surface area contributed by atoms with Gasteiger partial charge in [-0.25, -0.2) is 0 Å². The monoisotopic (exact) mass is 1580 g/mol. The molecule has 0 aliphatic heterocycles. The number of benzene rings is 16. The summed E-state index contributed by atoms with van der Waals surface area (Å²) in [4.78, 5) is 0. The van der Waals surface area contributed by atoms with E-state index in [1.54, 1.807) is 0 Å². The van der Waals surface area contributed by atoms with E-state index in [0.717, 1.165) is 0 Å². The van der Waals surface area contributed by atoms with Gasteiger partial charge in [-0.2, -0.15) is 0 Å². The minimum absolute atomic E-state index is 0.140. The van der Waals surface area contributed by atoms with Crippen LogP contribution in [0.4, 0.5) is 0 Å². The molecule has 0 saturated heterocycles. The van der Waals surface area contributed by atoms with Crippen molar-refractivity contribution in [2.75, 3.05) is 0 Å². The molecule has 0 heterocycles. The Morgan fingerprint density at radius 1 is 0.148 bits per heavy atom. The molecule has 6 aliphatic rings. The van der Waals surface area contributed by atoms with Crippen molar-refractivity contribution in [3.8, 4) is 66.8 Å². The molecule has 0 unspecified atom stereocenters. The van der Waals surface area contributed by atoms with Crippen molar-refractivity contribution in [1.29, 1.82) is 0 Å². The topological polar surface area (TPSA) is 0 Å². The molecule has 0 fully saturated rings. The second-order valence-electron chi connectivity index (χ2n) is 37.5. The molecule has 0 nitrogen and oxygen atoms in total. The summed E-state index contributed by atoms with van der Waals surface area (Å²) in [5.41, 5.74) is 56.4. The van der Waals surface area contributed by atoms with Crippen molar-refractivity contribution in [2.24, 2.45) is 0 Å². The van der Waals surface area contributed by atoms with E-state index in [0.29, 0.717) is 0 Å². The molecule has 604 valence electrons. The van der Waals surface area contributed by atoms with Gasteiger partial charge in [0.25, 0.3) is 0 Å². The lowest BCUT2D eigenvalue weighted by Gasteiger charge is -2.35. The Balaban J connectivity index is 0.000000106. The Labute approximate surface area is 728 Å². The van der Waals surface area contributed by atoms with E-state index >= 15 is 0 Å². The third-order valence-corrected chi connectivity index (χ3v) is 28.4. The Morgan fingerprint density at radius 3 is 0.738 bits per heavy atom. The quantitative estimate of drug-likeness (QED) is 0.165. The highest BCUT2D eigenvalue weighted by molar-refractivity contribution is 5.93. The van der Waals surface area contributed by atoms with Crippen LogP contribution in [0.15, 0.2) is 340 Å². The van der Waals surface area contributed by atoms with Gasteiger partial charge in [0.15, 0.2) is 0 Å². The Hall–Kier alpha value is -12.5. The van der Waals surface area contributed by atoms with Crippen LogP contribution in [-0.4, -0.2) is 0 Å². The maximum atomic E-state index is 2.34. The first kappa shape index (κ1) is 81.9. The number of aryl methyl sites for hydroxylation is 12. The molecule has 6 aliphatic carbocycles. The first-order valence-electron chi connectivity index (χ1n) is 44.1. The van der Waals surface area contributed by atoms with Crippen molar-refractivity contribution in [3.05, 3.63) is 495 Å². The minimum Gasteiger partial charge on any atom is -0.0622 e. The van der Waals surface area contributed by atoms with Crippen molar-refractivity contribution < 1.29 is 0 Å². The van der Waals surface area contributed by atoms with Gasteiger partial charge in [0.1, 0.15) is 0 Å². The van der Waals surface area contributed by atoms with Crippen molar-refractivity contribution in [3.63, 3.8) is 0 Å². The van der Waals surface area contributed by atoms with Crippen LogP contribution in [0.2, 0.25) is 0 Å². The van der Waals surface area contributed by atoms with E-state index < -0.39 is 0 Å². The Kier molecular flexibility index (Phi) is 21.1. The summed E-state index contributed by atoms with van der Waals surface area (Å²) < 4.78 is 0. The van der Waals surface area contributed by atoms with Gasteiger partial charge in [0.2, 0.25) is 0 Å². The standard InChI is InChI=1S/2C27H22.4C17H18/c1-19-11-9-17-23-25(19)26-20(2)12-10-18-24(26)27(23,21-13-5-3-6-14-21)22-15-7-4-8-16-22;1-19-11-9-17-23-24-18-10-12-20(2)26(24)27(25(19)23,21-13-5-3-6-14-21)22-15-7-4-8-16-22;1-11-7-6-10-14-15(11)13-9-5-8-12(2)16(13)17(14,3)4;1-11-7-5-9-13-15(11)16-12(2)8-6-10-14(16)17(13,3)4;1-11-7-5-9-13-14-10-6-8-12(2)16(14)17(3,4)15(11)13;1-11-8-9-13-14-7-5-6-12(2)16(14)17(3,4)15(13)10-11/h2*3-18H,1-2H3;4*5-10H,1-4H3. The normalized spacial score (nSPS) is 14.8. The highest BCUT2D eigenvalue weighted by Gasteiger charge is 2.50. The van der Waals surface area contributed by atoms with Gasteiger partial charge in [-0.3, -0.25) is 0 Å². The predicted molar refractivity (Wildman–Crippen MR) is 520 cm³/mol. The molecular weight excluding hydrogens is 1470 g/mol. The largest absolute Gasteiger partial charge is 0.0718 e. The smallest absolute Gasteiger partial charge is 0.0622 e. The summed E-state index contributed by atoms with van der Waals surface area (Å²) in [6.45, 7) is 45.4. The van der Waals surface area contributed by atoms with Crippen molar-refractivity contribution >= 4 is 0 Å². The molecule has 122 heavy (non-hydrogen) atoms. The van der Waals surface area contributed by atoms with Gasteiger partial charge >= 0.3 is 0 Å². The average molecular weight is 1580 g/mol. The van der Waals surface area contributed by atoms with Gasteiger partial charge in [0.05, 0.1) is 10.8 Å². The third kappa shape index (κ3) is 13.0. The fourth-order valence-corrected chi connectivity index (χ4v) is 23.4. The van der Waals surface area contributed by atoms with E-state index in [2.05, 4.69) is 478 Å². The van der Waals surface area contributed by atoms with Gasteiger partial charge < -0.3 is 0 Å². The molecule has 0 heteroatoms. The van der Waals surface area contributed by atoms with Crippen LogP contribution in [0.1, 0.15) is 211 Å². The summed E-state index contributed by atoms with van der Waals surface area (Å²) in [7, 11) is 0. The molecule has 0 atom stereocenters. The number of rotatable bonds is 4. The molecule has 16 aromatic rings. The zero-order valence-electron chi connectivity index (χ0n) is 75.3. The molecule has 22 rings (SSSR count). The van der Waals surface area contributed by atoms with Gasteiger partial charge in [-0.1, -0.05) is 401 Å². The lowest BCUT2D eigenvalue weighted by molar-refractivity contribution is 0.651. The molecule has 0 aromatic heterocycles. The highest BCUT2D eigenvalue weighted by atomic mass is 14.5. The van der Waals surface area contributed by atoms with E-state index in [1.807, 2.05) is 0 Å². The summed E-state index contributed by atoms with van der Waals surface area (Å²) in [6.07, 6.45) is 0. The molecule has 0 N–H and O–H groups in total. The van der Waals surface area contributed by atoms with Crippen LogP contribution in [0.5, 0.6) is 0 Å². The SMILES string of the molecule is Cc1ccc2c(c1)C(C)(C)c1c(C)cccc1-2.Cc1cccc2c1-c1c(C)cccc1C2(C)C.Cc1cccc2c1-c1c(C)cccc1C2(c1ccccc1)c1ccccc1.Cc1cccc2c1-c1cccc(C)c1C2(C)C.Cc1cccc2c1C(C)(C)c1c(C)cccc1-2.Cc1cccc2c1C(c1ccccc1)(c1ccccc1)c1c(C)cccc1-2. The molecule has 0 saturated carbocycles. The maximum Gasteiger partial charge on any atom is 0.0718 e. The Morgan fingerprint density at radius 2 is 0.385 bits per heavy atom. The molecular formula is C122H116. The van der Waals surface area contributed by atoms with E-state index in [4.69, 9.17) is 0 Å². The second kappa shape index (κ2) is 31.5. The molecule has 0 bridgehead atoms. The first-order valence-corrected chi connectivity index (χ1v) is 44.1. The van der Waals surface area contributed by atoms with Gasteiger partial charge in [-0.15, -0.1) is 0 Å². The van der Waals surface area contributed by atoms with Gasteiger partial charge in [0, 0.05) is 21.7 Å². The van der Waals surface area contributed by atoms with Crippen LogP contribution >= 0.6 is 0 Å². The molecule has 0 radical (unpaired) electrons. The lowest BCUT2D eigenvalue weighted by Crippen LogP contribution is -2.30. The lowest BCUT2D eigenvalue weighted by atomic mass is 9.66. The summed E-state index contributed by atoms with van der Waals surface area (Å²) in [5, 5.41) is 0. The van der Waals surface area contributed by atoms with Crippen LogP contribution in [0, 0.1) is 83.1 Å². The summed E-state index contributed by atoms with van der Waals surface area (Å²) in [5.74, 6) is 0. The summed E-state index contributed by atoms with van der Waals surface area (Å²) in [6, 6.07) is 124. The predicted octanol–water partition coefficient (Wildman–Crippen LogP) is 31.8. The fourth-order valence-electron chi connectivity index (χ4n) is 23.4. The molecule has 16 aromatic carbocycles. The maximum absolute atomic E-state index is 2.34. The molecule has 0 amide bonds. The van der Waals surface area contributed by atoms with Gasteiger partial charge in [-0.05, 0) is 300 Å². The average Bonchev–Trinajstić information content (AvgIpc) is 1.53. The first-order chi connectivity index (χ1) is 58.6. The van der Waals surface area contributed by atoms with Crippen LogP contribution in [-0.2, 0) is 32.5 Å².